The molecule has 6 nitrogen and oxygen atoms in total. The highest BCUT2D eigenvalue weighted by Gasteiger charge is 2.16. The molecule has 1 aliphatic heterocycles. The Labute approximate surface area is 161 Å². The molecule has 0 unspecified atom stereocenters. The van der Waals surface area contributed by atoms with Gasteiger partial charge in [-0.05, 0) is 30.8 Å². The molecule has 0 atom stereocenters. The van der Waals surface area contributed by atoms with Crippen molar-refractivity contribution in [1.82, 2.24) is 19.6 Å². The molecule has 0 spiro atoms. The number of imidazole rings is 1. The zero-order chi connectivity index (χ0) is 18.8. The summed E-state index contributed by atoms with van der Waals surface area (Å²) in [5.41, 5.74) is 2.56. The fourth-order valence-electron chi connectivity index (χ4n) is 3.31. The zero-order valence-corrected chi connectivity index (χ0v) is 16.0. The monoisotopic (exact) mass is 387 g/mol. The maximum atomic E-state index is 14.1. The molecule has 0 bridgehead atoms. The largest absolute Gasteiger partial charge is 0.369 e. The van der Waals surface area contributed by atoms with Gasteiger partial charge in [0.25, 0.3) is 0 Å². The number of anilines is 1. The standard InChI is InChI=1S/C19H22FN5OS/c1-23-4-6-24(7-5-23)16-9-14(8-15(20)10-16)12-22-18(26)11-17-13-27-19-21-2-3-25(17)19/h2-3,8-10,13H,4-7,11-12H2,1H3,(H,22,26). The SMILES string of the molecule is CN1CCN(c2cc(F)cc(CNC(=O)Cc3csc4nccn34)c2)CC1. The van der Waals surface area contributed by atoms with Crippen LogP contribution in [0.1, 0.15) is 11.3 Å². The predicted octanol–water partition coefficient (Wildman–Crippen LogP) is 2.15. The van der Waals surface area contributed by atoms with Crippen molar-refractivity contribution in [2.75, 3.05) is 38.1 Å². The van der Waals surface area contributed by atoms with Crippen LogP contribution in [0.5, 0.6) is 0 Å². The summed E-state index contributed by atoms with van der Waals surface area (Å²) in [6, 6.07) is 5.02. The van der Waals surface area contributed by atoms with Crippen LogP contribution in [0.25, 0.3) is 4.96 Å². The van der Waals surface area contributed by atoms with Crippen molar-refractivity contribution in [2.45, 2.75) is 13.0 Å². The number of thiazole rings is 1. The number of fused-ring (bicyclic) bond motifs is 1. The number of hydrogen-bond acceptors (Lipinski definition) is 5. The van der Waals surface area contributed by atoms with E-state index in [1.165, 1.54) is 17.4 Å². The highest BCUT2D eigenvalue weighted by Crippen LogP contribution is 2.20. The summed E-state index contributed by atoms with van der Waals surface area (Å²) in [7, 11) is 2.09. The van der Waals surface area contributed by atoms with Crippen molar-refractivity contribution in [3.05, 3.63) is 53.0 Å². The molecule has 0 aliphatic carbocycles. The number of benzene rings is 1. The molecule has 1 N–H and O–H groups in total. The third-order valence-corrected chi connectivity index (χ3v) is 5.76. The number of carbonyl (C=O) groups is 1. The van der Waals surface area contributed by atoms with Crippen LogP contribution in [-0.2, 0) is 17.8 Å². The molecule has 3 heterocycles. The van der Waals surface area contributed by atoms with E-state index in [0.29, 0.717) is 6.54 Å². The molecule has 1 amide bonds. The minimum atomic E-state index is -0.270. The van der Waals surface area contributed by atoms with Gasteiger partial charge in [0, 0.05) is 61.9 Å². The first-order valence-corrected chi connectivity index (χ1v) is 9.85. The molecule has 1 aromatic carbocycles. The number of hydrogen-bond donors (Lipinski definition) is 1. The average molecular weight is 387 g/mol. The van der Waals surface area contributed by atoms with E-state index in [1.54, 1.807) is 12.3 Å². The van der Waals surface area contributed by atoms with Gasteiger partial charge in [-0.3, -0.25) is 9.20 Å². The molecule has 0 saturated carbocycles. The van der Waals surface area contributed by atoms with Gasteiger partial charge in [0.05, 0.1) is 6.42 Å². The Bertz CT molecular complexity index is 945. The molecule has 4 rings (SSSR count). The number of carbonyl (C=O) groups excluding carboxylic acids is 1. The minimum absolute atomic E-state index is 0.0891. The van der Waals surface area contributed by atoms with Gasteiger partial charge in [0.1, 0.15) is 5.82 Å². The predicted molar refractivity (Wildman–Crippen MR) is 105 cm³/mol. The van der Waals surface area contributed by atoms with Crippen LogP contribution >= 0.6 is 11.3 Å². The topological polar surface area (TPSA) is 52.9 Å². The number of nitrogens with one attached hydrogen (secondary N) is 1. The molecule has 1 fully saturated rings. The second-order valence-electron chi connectivity index (χ2n) is 6.87. The number of nitrogens with zero attached hydrogens (tertiary/aromatic N) is 4. The first-order valence-electron chi connectivity index (χ1n) is 8.97. The van der Waals surface area contributed by atoms with Crippen molar-refractivity contribution in [3.8, 4) is 0 Å². The maximum Gasteiger partial charge on any atom is 0.226 e. The van der Waals surface area contributed by atoms with Crippen LogP contribution in [0.2, 0.25) is 0 Å². The van der Waals surface area contributed by atoms with E-state index in [2.05, 4.69) is 27.1 Å². The molecule has 8 heteroatoms. The molecule has 2 aromatic heterocycles. The van der Waals surface area contributed by atoms with Gasteiger partial charge < -0.3 is 15.1 Å². The molecule has 0 radical (unpaired) electrons. The van der Waals surface area contributed by atoms with Crippen molar-refractivity contribution in [1.29, 1.82) is 0 Å². The lowest BCUT2D eigenvalue weighted by Gasteiger charge is -2.34. The lowest BCUT2D eigenvalue weighted by molar-refractivity contribution is -0.120. The second kappa shape index (κ2) is 7.66. The molecule has 142 valence electrons. The van der Waals surface area contributed by atoms with E-state index in [4.69, 9.17) is 0 Å². The first-order chi connectivity index (χ1) is 13.1. The van der Waals surface area contributed by atoms with Crippen LogP contribution in [0.15, 0.2) is 36.0 Å². The van der Waals surface area contributed by atoms with E-state index >= 15 is 0 Å². The number of piperazine rings is 1. The second-order valence-corrected chi connectivity index (χ2v) is 7.70. The zero-order valence-electron chi connectivity index (χ0n) is 15.2. The van der Waals surface area contributed by atoms with Crippen molar-refractivity contribution in [2.24, 2.45) is 0 Å². The van der Waals surface area contributed by atoms with E-state index in [0.717, 1.165) is 48.1 Å². The third-order valence-electron chi connectivity index (χ3n) is 4.86. The quantitative estimate of drug-likeness (QED) is 0.729. The Hall–Kier alpha value is -2.45. The summed E-state index contributed by atoms with van der Waals surface area (Å²) in [5.74, 6) is -0.359. The van der Waals surface area contributed by atoms with Crippen LogP contribution in [0.4, 0.5) is 10.1 Å². The number of likely N-dealkylation sites (N-methyl/N-ethyl adjacent to an activating group) is 1. The van der Waals surface area contributed by atoms with Crippen molar-refractivity contribution in [3.63, 3.8) is 0 Å². The van der Waals surface area contributed by atoms with Crippen molar-refractivity contribution < 1.29 is 9.18 Å². The highest BCUT2D eigenvalue weighted by atomic mass is 32.1. The smallest absolute Gasteiger partial charge is 0.226 e. The third kappa shape index (κ3) is 4.12. The lowest BCUT2D eigenvalue weighted by atomic mass is 10.1. The fourth-order valence-corrected chi connectivity index (χ4v) is 4.16. The van der Waals surface area contributed by atoms with Gasteiger partial charge in [0.2, 0.25) is 5.91 Å². The van der Waals surface area contributed by atoms with Crippen LogP contribution in [0.3, 0.4) is 0 Å². The summed E-state index contributed by atoms with van der Waals surface area (Å²) >= 11 is 1.51. The lowest BCUT2D eigenvalue weighted by Crippen LogP contribution is -2.44. The van der Waals surface area contributed by atoms with E-state index < -0.39 is 0 Å². The number of aromatic nitrogens is 2. The van der Waals surface area contributed by atoms with Crippen LogP contribution in [0, 0.1) is 5.82 Å². The molecule has 1 aliphatic rings. The van der Waals surface area contributed by atoms with Gasteiger partial charge in [-0.15, -0.1) is 11.3 Å². The summed E-state index contributed by atoms with van der Waals surface area (Å²) in [6.07, 6.45) is 3.85. The van der Waals surface area contributed by atoms with Crippen LogP contribution in [-0.4, -0.2) is 53.4 Å². The normalized spacial score (nSPS) is 15.4. The summed E-state index contributed by atoms with van der Waals surface area (Å²) in [5, 5.41) is 4.84. The Morgan fingerprint density at radius 3 is 2.89 bits per heavy atom. The fraction of sp³-hybridized carbons (Fsp3) is 0.368. The Morgan fingerprint density at radius 1 is 1.26 bits per heavy atom. The van der Waals surface area contributed by atoms with Gasteiger partial charge in [-0.1, -0.05) is 0 Å². The van der Waals surface area contributed by atoms with E-state index in [1.807, 2.05) is 22.0 Å². The summed E-state index contributed by atoms with van der Waals surface area (Å²) in [6.45, 7) is 4.00. The molecule has 3 aromatic rings. The molecular weight excluding hydrogens is 365 g/mol. The molecular formula is C19H22FN5OS. The Kier molecular flexibility index (Phi) is 5.09. The van der Waals surface area contributed by atoms with Gasteiger partial charge >= 0.3 is 0 Å². The number of rotatable bonds is 5. The minimum Gasteiger partial charge on any atom is -0.369 e. The van der Waals surface area contributed by atoms with Crippen LogP contribution < -0.4 is 10.2 Å². The van der Waals surface area contributed by atoms with Gasteiger partial charge in [0.15, 0.2) is 4.96 Å². The Morgan fingerprint density at radius 2 is 2.07 bits per heavy atom. The summed E-state index contributed by atoms with van der Waals surface area (Å²) in [4.78, 5) is 21.8. The van der Waals surface area contributed by atoms with Gasteiger partial charge in [-0.25, -0.2) is 9.37 Å². The Balaban J connectivity index is 1.39. The maximum absolute atomic E-state index is 14.1. The first kappa shape index (κ1) is 17.9. The van der Waals surface area contributed by atoms with E-state index in [9.17, 15) is 9.18 Å². The number of amides is 1. The highest BCUT2D eigenvalue weighted by molar-refractivity contribution is 7.15. The molecule has 1 saturated heterocycles. The van der Waals surface area contributed by atoms with E-state index in [-0.39, 0.29) is 18.1 Å². The summed E-state index contributed by atoms with van der Waals surface area (Å²) < 4.78 is 16.0. The van der Waals surface area contributed by atoms with Gasteiger partial charge in [-0.2, -0.15) is 0 Å². The van der Waals surface area contributed by atoms with Crippen molar-refractivity contribution >= 4 is 27.9 Å². The number of halogens is 1. The molecule has 27 heavy (non-hydrogen) atoms. The average Bonchev–Trinajstić information content (AvgIpc) is 3.25.